The predicted molar refractivity (Wildman–Crippen MR) is 58.5 cm³/mol. The second kappa shape index (κ2) is 4.06. The SMILES string of the molecule is C[C@]1(C(=O)C(N)CC2=CCCCC2)CO1. The third-order valence-electron chi connectivity index (χ3n) is 3.30. The van der Waals surface area contributed by atoms with E-state index in [9.17, 15) is 4.79 Å². The van der Waals surface area contributed by atoms with Crippen molar-refractivity contribution in [1.29, 1.82) is 0 Å². The Morgan fingerprint density at radius 2 is 2.40 bits per heavy atom. The van der Waals surface area contributed by atoms with E-state index in [-0.39, 0.29) is 11.8 Å². The van der Waals surface area contributed by atoms with Crippen molar-refractivity contribution in [2.24, 2.45) is 5.73 Å². The third kappa shape index (κ3) is 2.47. The van der Waals surface area contributed by atoms with Crippen molar-refractivity contribution < 1.29 is 9.53 Å². The smallest absolute Gasteiger partial charge is 0.183 e. The molecule has 1 saturated heterocycles. The Labute approximate surface area is 90.7 Å². The van der Waals surface area contributed by atoms with Gasteiger partial charge in [0.25, 0.3) is 0 Å². The van der Waals surface area contributed by atoms with E-state index in [4.69, 9.17) is 10.5 Å². The fraction of sp³-hybridized carbons (Fsp3) is 0.750. The van der Waals surface area contributed by atoms with E-state index in [1.54, 1.807) is 0 Å². The zero-order chi connectivity index (χ0) is 10.9. The van der Waals surface area contributed by atoms with Crippen LogP contribution in [0.1, 0.15) is 39.0 Å². The number of carbonyl (C=O) groups is 1. The highest BCUT2D eigenvalue weighted by atomic mass is 16.6. The number of epoxide rings is 1. The van der Waals surface area contributed by atoms with E-state index in [1.807, 2.05) is 6.92 Å². The molecule has 1 heterocycles. The molecular weight excluding hydrogens is 190 g/mol. The van der Waals surface area contributed by atoms with Gasteiger partial charge in [-0.1, -0.05) is 11.6 Å². The fourth-order valence-corrected chi connectivity index (χ4v) is 2.11. The van der Waals surface area contributed by atoms with Crippen LogP contribution in [0, 0.1) is 0 Å². The summed E-state index contributed by atoms with van der Waals surface area (Å²) in [5, 5.41) is 0. The van der Waals surface area contributed by atoms with Crippen molar-refractivity contribution in [3.05, 3.63) is 11.6 Å². The van der Waals surface area contributed by atoms with Gasteiger partial charge in [0.2, 0.25) is 0 Å². The summed E-state index contributed by atoms with van der Waals surface area (Å²) in [6.07, 6.45) is 7.72. The van der Waals surface area contributed by atoms with Gasteiger partial charge in [-0.2, -0.15) is 0 Å². The molecule has 1 aliphatic carbocycles. The first-order valence-corrected chi connectivity index (χ1v) is 5.73. The highest BCUT2D eigenvalue weighted by molar-refractivity contribution is 5.93. The second-order valence-electron chi connectivity index (χ2n) is 4.80. The molecule has 84 valence electrons. The predicted octanol–water partition coefficient (Wildman–Crippen LogP) is 1.56. The maximum Gasteiger partial charge on any atom is 0.183 e. The van der Waals surface area contributed by atoms with Gasteiger partial charge in [0, 0.05) is 0 Å². The fourth-order valence-electron chi connectivity index (χ4n) is 2.11. The Morgan fingerprint density at radius 3 is 2.93 bits per heavy atom. The van der Waals surface area contributed by atoms with Crippen LogP contribution >= 0.6 is 0 Å². The van der Waals surface area contributed by atoms with Crippen LogP contribution in [0.3, 0.4) is 0 Å². The largest absolute Gasteiger partial charge is 0.362 e. The van der Waals surface area contributed by atoms with Crippen molar-refractivity contribution >= 4 is 5.78 Å². The summed E-state index contributed by atoms with van der Waals surface area (Å²) >= 11 is 0. The highest BCUT2D eigenvalue weighted by Gasteiger charge is 2.48. The molecule has 0 aromatic carbocycles. The van der Waals surface area contributed by atoms with E-state index in [2.05, 4.69) is 6.08 Å². The van der Waals surface area contributed by atoms with Crippen molar-refractivity contribution in [2.45, 2.75) is 50.7 Å². The average molecular weight is 209 g/mol. The standard InChI is InChI=1S/C12H19NO2/c1-12(8-15-12)11(14)10(13)7-9-5-3-2-4-6-9/h5,10H,2-4,6-8,13H2,1H3/t10?,12-/m1/s1. The van der Waals surface area contributed by atoms with Gasteiger partial charge in [0.15, 0.2) is 5.78 Å². The summed E-state index contributed by atoms with van der Waals surface area (Å²) in [5.74, 6) is 0.0639. The van der Waals surface area contributed by atoms with Gasteiger partial charge in [-0.25, -0.2) is 0 Å². The summed E-state index contributed by atoms with van der Waals surface area (Å²) in [6.45, 7) is 2.36. The Morgan fingerprint density at radius 1 is 1.67 bits per heavy atom. The Balaban J connectivity index is 1.88. The van der Waals surface area contributed by atoms with E-state index in [0.29, 0.717) is 6.61 Å². The molecule has 3 heteroatoms. The maximum absolute atomic E-state index is 11.8. The van der Waals surface area contributed by atoms with E-state index in [0.717, 1.165) is 19.3 Å². The quantitative estimate of drug-likeness (QED) is 0.564. The molecule has 0 amide bonds. The number of rotatable bonds is 4. The minimum Gasteiger partial charge on any atom is -0.362 e. The van der Waals surface area contributed by atoms with Gasteiger partial charge in [0.1, 0.15) is 5.60 Å². The molecular formula is C12H19NO2. The van der Waals surface area contributed by atoms with Crippen molar-refractivity contribution in [2.75, 3.05) is 6.61 Å². The normalized spacial score (nSPS) is 32.0. The van der Waals surface area contributed by atoms with E-state index in [1.165, 1.54) is 18.4 Å². The van der Waals surface area contributed by atoms with Gasteiger partial charge < -0.3 is 10.5 Å². The van der Waals surface area contributed by atoms with Crippen LogP contribution in [0.2, 0.25) is 0 Å². The molecule has 2 atom stereocenters. The van der Waals surface area contributed by atoms with Gasteiger partial charge in [-0.3, -0.25) is 4.79 Å². The molecule has 0 aromatic rings. The summed E-state index contributed by atoms with van der Waals surface area (Å²) < 4.78 is 5.12. The number of hydrogen-bond acceptors (Lipinski definition) is 3. The van der Waals surface area contributed by atoms with Gasteiger partial charge in [-0.05, 0) is 39.0 Å². The zero-order valence-corrected chi connectivity index (χ0v) is 9.29. The molecule has 0 saturated carbocycles. The minimum atomic E-state index is -0.561. The minimum absolute atomic E-state index is 0.0639. The zero-order valence-electron chi connectivity index (χ0n) is 9.29. The maximum atomic E-state index is 11.8. The highest BCUT2D eigenvalue weighted by Crippen LogP contribution is 2.30. The molecule has 2 aliphatic rings. The molecule has 1 aliphatic heterocycles. The second-order valence-corrected chi connectivity index (χ2v) is 4.80. The van der Waals surface area contributed by atoms with Crippen LogP contribution in [-0.2, 0) is 9.53 Å². The van der Waals surface area contributed by atoms with Crippen LogP contribution in [0.4, 0.5) is 0 Å². The van der Waals surface area contributed by atoms with E-state index >= 15 is 0 Å². The van der Waals surface area contributed by atoms with Gasteiger partial charge in [-0.15, -0.1) is 0 Å². The molecule has 2 rings (SSSR count). The molecule has 0 spiro atoms. The Hall–Kier alpha value is -0.670. The number of nitrogens with two attached hydrogens (primary N) is 1. The number of carbonyl (C=O) groups excluding carboxylic acids is 1. The van der Waals surface area contributed by atoms with Gasteiger partial charge >= 0.3 is 0 Å². The first kappa shape index (κ1) is 10.8. The lowest BCUT2D eigenvalue weighted by Crippen LogP contribution is -2.39. The molecule has 15 heavy (non-hydrogen) atoms. The number of allylic oxidation sites excluding steroid dienone is 1. The van der Waals surface area contributed by atoms with Crippen LogP contribution in [0.25, 0.3) is 0 Å². The average Bonchev–Trinajstić information content (AvgIpc) is 2.98. The first-order valence-electron chi connectivity index (χ1n) is 5.73. The van der Waals surface area contributed by atoms with Crippen molar-refractivity contribution in [3.8, 4) is 0 Å². The number of ether oxygens (including phenoxy) is 1. The van der Waals surface area contributed by atoms with Crippen LogP contribution in [0.15, 0.2) is 11.6 Å². The van der Waals surface area contributed by atoms with Crippen molar-refractivity contribution in [3.63, 3.8) is 0 Å². The lowest BCUT2D eigenvalue weighted by Gasteiger charge is -2.17. The summed E-state index contributed by atoms with van der Waals surface area (Å²) in [7, 11) is 0. The molecule has 1 fully saturated rings. The molecule has 2 N–H and O–H groups in total. The molecule has 3 nitrogen and oxygen atoms in total. The topological polar surface area (TPSA) is 55.6 Å². The molecule has 0 radical (unpaired) electrons. The Bertz CT molecular complexity index is 292. The summed E-state index contributed by atoms with van der Waals surface area (Å²) in [6, 6.07) is -0.373. The van der Waals surface area contributed by atoms with Crippen LogP contribution < -0.4 is 5.73 Å². The monoisotopic (exact) mass is 209 g/mol. The summed E-state index contributed by atoms with van der Waals surface area (Å²) in [4.78, 5) is 11.8. The number of ketones is 1. The van der Waals surface area contributed by atoms with Crippen molar-refractivity contribution in [1.82, 2.24) is 0 Å². The lowest BCUT2D eigenvalue weighted by atomic mass is 9.90. The third-order valence-corrected chi connectivity index (χ3v) is 3.30. The van der Waals surface area contributed by atoms with E-state index < -0.39 is 5.60 Å². The van der Waals surface area contributed by atoms with Gasteiger partial charge in [0.05, 0.1) is 12.6 Å². The lowest BCUT2D eigenvalue weighted by molar-refractivity contribution is -0.124. The summed E-state index contributed by atoms with van der Waals surface area (Å²) in [5.41, 5.74) is 6.70. The number of Topliss-reactive ketones (excluding diaryl/α,β-unsaturated/α-hetero) is 1. The number of hydrogen-bond donors (Lipinski definition) is 1. The molecule has 0 aromatic heterocycles. The van der Waals surface area contributed by atoms with Crippen LogP contribution in [0.5, 0.6) is 0 Å². The molecule has 1 unspecified atom stereocenters. The Kier molecular flexibility index (Phi) is 2.94. The van der Waals surface area contributed by atoms with Crippen LogP contribution in [-0.4, -0.2) is 24.0 Å². The molecule has 0 bridgehead atoms. The first-order chi connectivity index (χ1) is 7.12.